The maximum atomic E-state index is 5.44. The van der Waals surface area contributed by atoms with E-state index in [1.165, 1.54) is 5.56 Å². The van der Waals surface area contributed by atoms with Crippen molar-refractivity contribution in [3.05, 3.63) is 47.8 Å². The zero-order chi connectivity index (χ0) is 11.9. The fraction of sp³-hybridized carbons (Fsp3) is 0.333. The molecule has 5 nitrogen and oxygen atoms in total. The lowest BCUT2D eigenvalue weighted by Gasteiger charge is -2.01. The van der Waals surface area contributed by atoms with Crippen LogP contribution >= 0.6 is 0 Å². The van der Waals surface area contributed by atoms with Gasteiger partial charge in [-0.15, -0.1) is 5.10 Å². The maximum Gasteiger partial charge on any atom is 0.0964 e. The molecule has 0 amide bonds. The minimum absolute atomic E-state index is 0.584. The summed E-state index contributed by atoms with van der Waals surface area (Å²) >= 11 is 0. The van der Waals surface area contributed by atoms with E-state index in [9.17, 15) is 0 Å². The molecule has 0 radical (unpaired) electrons. The molecule has 0 atom stereocenters. The average molecular weight is 231 g/mol. The molecule has 0 aliphatic heterocycles. The Bertz CT molecular complexity index is 437. The van der Waals surface area contributed by atoms with Crippen molar-refractivity contribution in [1.29, 1.82) is 0 Å². The molecule has 0 aliphatic carbocycles. The Morgan fingerprint density at radius 2 is 2.00 bits per heavy atom. The van der Waals surface area contributed by atoms with Crippen LogP contribution in [0.4, 0.5) is 0 Å². The van der Waals surface area contributed by atoms with E-state index in [-0.39, 0.29) is 0 Å². The molecule has 1 aromatic heterocycles. The number of nitrogens with two attached hydrogens (primary N) is 1. The Kier molecular flexibility index (Phi) is 4.23. The van der Waals surface area contributed by atoms with E-state index >= 15 is 0 Å². The molecule has 17 heavy (non-hydrogen) atoms. The first kappa shape index (κ1) is 11.8. The van der Waals surface area contributed by atoms with Crippen LogP contribution in [0.1, 0.15) is 11.3 Å². The number of hydrogen-bond donors (Lipinski definition) is 2. The summed E-state index contributed by atoms with van der Waals surface area (Å²) in [6.45, 7) is 2.86. The van der Waals surface area contributed by atoms with Crippen molar-refractivity contribution in [2.45, 2.75) is 19.6 Å². The molecule has 0 saturated carbocycles. The zero-order valence-electron chi connectivity index (χ0n) is 9.71. The molecule has 0 saturated heterocycles. The van der Waals surface area contributed by atoms with Crippen LogP contribution in [0, 0.1) is 0 Å². The topological polar surface area (TPSA) is 68.8 Å². The lowest BCUT2D eigenvalue weighted by atomic mass is 10.2. The predicted octanol–water partition coefficient (Wildman–Crippen LogP) is 0.527. The maximum absolute atomic E-state index is 5.44. The molecule has 1 heterocycles. The first-order valence-electron chi connectivity index (χ1n) is 5.72. The minimum Gasteiger partial charge on any atom is -0.329 e. The van der Waals surface area contributed by atoms with Gasteiger partial charge in [-0.2, -0.15) is 0 Å². The van der Waals surface area contributed by atoms with Crippen molar-refractivity contribution < 1.29 is 0 Å². The molecule has 3 N–H and O–H groups in total. The molecular weight excluding hydrogens is 214 g/mol. The summed E-state index contributed by atoms with van der Waals surface area (Å²) in [5.74, 6) is 0. The van der Waals surface area contributed by atoms with Crippen molar-refractivity contribution >= 4 is 0 Å². The van der Waals surface area contributed by atoms with Crippen LogP contribution in [0.15, 0.2) is 36.5 Å². The van der Waals surface area contributed by atoms with Crippen LogP contribution in [0.5, 0.6) is 0 Å². The van der Waals surface area contributed by atoms with Gasteiger partial charge in [-0.1, -0.05) is 35.5 Å². The summed E-state index contributed by atoms with van der Waals surface area (Å²) in [4.78, 5) is 0. The molecule has 5 heteroatoms. The lowest BCUT2D eigenvalue weighted by Crippen LogP contribution is -2.13. The molecule has 0 unspecified atom stereocenters. The Hall–Kier alpha value is -1.72. The fourth-order valence-corrected chi connectivity index (χ4v) is 1.59. The molecule has 0 fully saturated rings. The van der Waals surface area contributed by atoms with Crippen LogP contribution in [0.25, 0.3) is 0 Å². The Morgan fingerprint density at radius 1 is 1.18 bits per heavy atom. The number of hydrogen-bond acceptors (Lipinski definition) is 4. The van der Waals surface area contributed by atoms with Crippen molar-refractivity contribution in [3.63, 3.8) is 0 Å². The third-order valence-electron chi connectivity index (χ3n) is 2.42. The second-order valence-electron chi connectivity index (χ2n) is 3.85. The average Bonchev–Trinajstić information content (AvgIpc) is 2.79. The van der Waals surface area contributed by atoms with Crippen LogP contribution in [-0.2, 0) is 19.6 Å². The lowest BCUT2D eigenvalue weighted by molar-refractivity contribution is 0.598. The standard InChI is InChI=1S/C12H17N5/c13-6-7-17-10-12(15-16-17)9-14-8-11-4-2-1-3-5-11/h1-5,10,14H,6-9,13H2. The van der Waals surface area contributed by atoms with E-state index in [1.807, 2.05) is 24.4 Å². The quantitative estimate of drug-likeness (QED) is 0.761. The Morgan fingerprint density at radius 3 is 2.76 bits per heavy atom. The highest BCUT2D eigenvalue weighted by atomic mass is 15.4. The van der Waals surface area contributed by atoms with E-state index < -0.39 is 0 Å². The van der Waals surface area contributed by atoms with Gasteiger partial charge in [0.1, 0.15) is 0 Å². The van der Waals surface area contributed by atoms with Gasteiger partial charge < -0.3 is 11.1 Å². The third-order valence-corrected chi connectivity index (χ3v) is 2.42. The summed E-state index contributed by atoms with van der Waals surface area (Å²) in [5.41, 5.74) is 7.65. The van der Waals surface area contributed by atoms with E-state index in [4.69, 9.17) is 5.73 Å². The van der Waals surface area contributed by atoms with Gasteiger partial charge in [0.05, 0.1) is 12.2 Å². The number of benzene rings is 1. The first-order valence-corrected chi connectivity index (χ1v) is 5.72. The van der Waals surface area contributed by atoms with Crippen LogP contribution in [-0.4, -0.2) is 21.5 Å². The van der Waals surface area contributed by atoms with Gasteiger partial charge in [0.2, 0.25) is 0 Å². The largest absolute Gasteiger partial charge is 0.329 e. The van der Waals surface area contributed by atoms with Crippen molar-refractivity contribution in [2.75, 3.05) is 6.54 Å². The van der Waals surface area contributed by atoms with E-state index in [0.29, 0.717) is 13.1 Å². The van der Waals surface area contributed by atoms with Gasteiger partial charge in [-0.25, -0.2) is 0 Å². The number of rotatable bonds is 6. The molecule has 1 aromatic carbocycles. The zero-order valence-corrected chi connectivity index (χ0v) is 9.71. The minimum atomic E-state index is 0.584. The predicted molar refractivity (Wildman–Crippen MR) is 66.1 cm³/mol. The molecule has 0 aliphatic rings. The smallest absolute Gasteiger partial charge is 0.0964 e. The van der Waals surface area contributed by atoms with Gasteiger partial charge >= 0.3 is 0 Å². The second kappa shape index (κ2) is 6.12. The molecule has 2 aromatic rings. The number of aromatic nitrogens is 3. The van der Waals surface area contributed by atoms with Crippen LogP contribution < -0.4 is 11.1 Å². The molecule has 0 bridgehead atoms. The van der Waals surface area contributed by atoms with Crippen LogP contribution in [0.2, 0.25) is 0 Å². The summed E-state index contributed by atoms with van der Waals surface area (Å²) in [7, 11) is 0. The fourth-order valence-electron chi connectivity index (χ4n) is 1.59. The molecular formula is C12H17N5. The summed E-state index contributed by atoms with van der Waals surface area (Å²) in [6.07, 6.45) is 1.92. The Balaban J connectivity index is 1.78. The first-order chi connectivity index (χ1) is 8.38. The van der Waals surface area contributed by atoms with Crippen LogP contribution in [0.3, 0.4) is 0 Å². The highest BCUT2D eigenvalue weighted by Crippen LogP contribution is 1.98. The Labute approximate surface area is 101 Å². The van der Waals surface area contributed by atoms with Gasteiger partial charge in [0.25, 0.3) is 0 Å². The molecule has 90 valence electrons. The highest BCUT2D eigenvalue weighted by molar-refractivity contribution is 5.14. The van der Waals surface area contributed by atoms with Gasteiger partial charge in [0, 0.05) is 25.8 Å². The number of nitrogens with zero attached hydrogens (tertiary/aromatic N) is 3. The van der Waals surface area contributed by atoms with E-state index in [0.717, 1.165) is 18.8 Å². The van der Waals surface area contributed by atoms with E-state index in [2.05, 4.69) is 27.8 Å². The van der Waals surface area contributed by atoms with Gasteiger partial charge in [-0.05, 0) is 5.56 Å². The summed E-state index contributed by atoms with van der Waals surface area (Å²) in [6, 6.07) is 10.3. The van der Waals surface area contributed by atoms with E-state index in [1.54, 1.807) is 4.68 Å². The monoisotopic (exact) mass is 231 g/mol. The third kappa shape index (κ3) is 3.65. The van der Waals surface area contributed by atoms with Crippen molar-refractivity contribution in [1.82, 2.24) is 20.3 Å². The van der Waals surface area contributed by atoms with Gasteiger partial charge in [0.15, 0.2) is 0 Å². The molecule has 2 rings (SSSR count). The number of nitrogens with one attached hydrogen (secondary N) is 1. The van der Waals surface area contributed by atoms with Crippen molar-refractivity contribution in [3.8, 4) is 0 Å². The second-order valence-corrected chi connectivity index (χ2v) is 3.85. The highest BCUT2D eigenvalue weighted by Gasteiger charge is 1.99. The summed E-state index contributed by atoms with van der Waals surface area (Å²) < 4.78 is 1.76. The molecule has 0 spiro atoms. The SMILES string of the molecule is NCCn1cc(CNCc2ccccc2)nn1. The van der Waals surface area contributed by atoms with Gasteiger partial charge in [-0.3, -0.25) is 4.68 Å². The van der Waals surface area contributed by atoms with Crippen molar-refractivity contribution in [2.24, 2.45) is 5.73 Å². The normalized spacial score (nSPS) is 10.6. The summed E-state index contributed by atoms with van der Waals surface area (Å²) in [5, 5.41) is 11.4.